The van der Waals surface area contributed by atoms with Gasteiger partial charge in [0.15, 0.2) is 0 Å². The van der Waals surface area contributed by atoms with E-state index in [0.717, 1.165) is 10.9 Å². The molecule has 10 N–H and O–H groups in total. The van der Waals surface area contributed by atoms with Gasteiger partial charge in [-0.2, -0.15) is 0 Å². The Labute approximate surface area is 251 Å². The number of aromatic amines is 1. The fourth-order valence-corrected chi connectivity index (χ4v) is 4.31. The number of carboxylic acids is 2. The van der Waals surface area contributed by atoms with Crippen LogP contribution in [-0.2, 0) is 41.6 Å². The largest absolute Gasteiger partial charge is 0.508 e. The molecule has 15 heteroatoms. The summed E-state index contributed by atoms with van der Waals surface area (Å²) in [6.45, 7) is 0.852. The first-order valence-corrected chi connectivity index (χ1v) is 13.5. The highest BCUT2D eigenvalue weighted by Gasteiger charge is 2.30. The first kappa shape index (κ1) is 33.1. The molecule has 4 amide bonds. The zero-order valence-corrected chi connectivity index (χ0v) is 23.7. The molecule has 0 aliphatic heterocycles. The van der Waals surface area contributed by atoms with E-state index >= 15 is 0 Å². The molecule has 3 rings (SSSR count). The number of fused-ring (bicyclic) bond motifs is 1. The van der Waals surface area contributed by atoms with Gasteiger partial charge >= 0.3 is 11.9 Å². The lowest BCUT2D eigenvalue weighted by Crippen LogP contribution is -2.56. The van der Waals surface area contributed by atoms with Gasteiger partial charge in [-0.05, 0) is 42.7 Å². The zero-order valence-electron chi connectivity index (χ0n) is 23.7. The van der Waals surface area contributed by atoms with Crippen molar-refractivity contribution in [2.45, 2.75) is 50.4 Å². The lowest BCUT2D eigenvalue weighted by molar-refractivity contribution is -0.147. The molecule has 0 aliphatic rings. The van der Waals surface area contributed by atoms with Crippen LogP contribution in [0.4, 0.5) is 0 Å². The highest BCUT2D eigenvalue weighted by Crippen LogP contribution is 2.19. The number of para-hydroxylation sites is 1. The molecule has 0 spiro atoms. The van der Waals surface area contributed by atoms with E-state index in [4.69, 9.17) is 10.8 Å². The van der Waals surface area contributed by atoms with Gasteiger partial charge in [0.2, 0.25) is 23.6 Å². The number of H-pyrrole nitrogens is 1. The smallest absolute Gasteiger partial charge is 0.326 e. The van der Waals surface area contributed by atoms with Crippen LogP contribution in [0.15, 0.2) is 54.7 Å². The fourth-order valence-electron chi connectivity index (χ4n) is 4.31. The average molecular weight is 611 g/mol. The van der Waals surface area contributed by atoms with Gasteiger partial charge in [-0.3, -0.25) is 24.0 Å². The van der Waals surface area contributed by atoms with Gasteiger partial charge in [-0.1, -0.05) is 30.3 Å². The second-order valence-corrected chi connectivity index (χ2v) is 10.1. The molecule has 44 heavy (non-hydrogen) atoms. The number of benzene rings is 2. The number of hydrogen-bond donors (Lipinski definition) is 9. The minimum Gasteiger partial charge on any atom is -0.508 e. The van der Waals surface area contributed by atoms with Crippen LogP contribution < -0.4 is 27.0 Å². The molecular formula is C29H34N6O9. The lowest BCUT2D eigenvalue weighted by atomic mass is 10.0. The van der Waals surface area contributed by atoms with Gasteiger partial charge in [0.05, 0.1) is 19.0 Å². The van der Waals surface area contributed by atoms with Crippen molar-refractivity contribution in [2.24, 2.45) is 5.73 Å². The number of carboxylic acid groups (broad SMARTS) is 2. The van der Waals surface area contributed by atoms with Crippen molar-refractivity contribution < 1.29 is 44.1 Å². The van der Waals surface area contributed by atoms with E-state index in [0.29, 0.717) is 11.1 Å². The second-order valence-electron chi connectivity index (χ2n) is 10.1. The predicted molar refractivity (Wildman–Crippen MR) is 156 cm³/mol. The summed E-state index contributed by atoms with van der Waals surface area (Å²) in [5.74, 6) is -6.01. The van der Waals surface area contributed by atoms with Crippen molar-refractivity contribution in [3.8, 4) is 5.75 Å². The number of hydrogen-bond acceptors (Lipinski definition) is 8. The molecule has 4 atom stereocenters. The molecular weight excluding hydrogens is 576 g/mol. The van der Waals surface area contributed by atoms with Crippen LogP contribution in [-0.4, -0.2) is 86.6 Å². The summed E-state index contributed by atoms with van der Waals surface area (Å²) in [5, 5.41) is 37.9. The standard InChI is InChI=1S/C29H34N6O9/c1-15(33-24(37)14-32-27(41)20(30)10-16-6-8-18(36)9-7-16)26(40)34-22(28(42)35-23(29(43)44)12-25(38)39)11-17-13-31-21-5-3-2-4-19(17)21/h2-9,13,15,20,22-23,31,36H,10-12,14,30H2,1H3,(H,32,41)(H,33,37)(H,34,40)(H,35,42)(H,38,39)(H,43,44)/t15-,20-,22-,23-/m0/s1. The summed E-state index contributed by atoms with van der Waals surface area (Å²) in [4.78, 5) is 76.6. The van der Waals surface area contributed by atoms with E-state index in [1.54, 1.807) is 42.6 Å². The lowest BCUT2D eigenvalue weighted by Gasteiger charge is -2.23. The SMILES string of the molecule is C[C@H](NC(=O)CNC(=O)[C@@H](N)Cc1ccc(O)cc1)C(=O)N[C@@H](Cc1c[nH]c2ccccc12)C(=O)N[C@@H](CC(=O)O)C(=O)O. The summed E-state index contributed by atoms with van der Waals surface area (Å²) in [6.07, 6.45) is 0.813. The van der Waals surface area contributed by atoms with E-state index in [1.165, 1.54) is 19.1 Å². The van der Waals surface area contributed by atoms with E-state index in [1.807, 2.05) is 0 Å². The Hall–Kier alpha value is -5.44. The number of carbonyl (C=O) groups excluding carboxylic acids is 4. The van der Waals surface area contributed by atoms with Crippen LogP contribution in [0.1, 0.15) is 24.5 Å². The number of aromatic hydroxyl groups is 1. The number of carbonyl (C=O) groups is 6. The maximum Gasteiger partial charge on any atom is 0.326 e. The van der Waals surface area contributed by atoms with Crippen LogP contribution in [0.3, 0.4) is 0 Å². The molecule has 0 bridgehead atoms. The topological polar surface area (TPSA) is 253 Å². The van der Waals surface area contributed by atoms with Gasteiger partial charge in [0.1, 0.15) is 23.9 Å². The molecule has 1 aromatic heterocycles. The molecule has 2 aromatic carbocycles. The highest BCUT2D eigenvalue weighted by molar-refractivity contribution is 5.95. The molecule has 1 heterocycles. The van der Waals surface area contributed by atoms with Gasteiger partial charge in [-0.15, -0.1) is 0 Å². The zero-order chi connectivity index (χ0) is 32.4. The van der Waals surface area contributed by atoms with Crippen LogP contribution in [0, 0.1) is 0 Å². The Morgan fingerprint density at radius 3 is 2.16 bits per heavy atom. The number of amides is 4. The Balaban J connectivity index is 1.62. The molecule has 0 saturated carbocycles. The first-order chi connectivity index (χ1) is 20.8. The number of nitrogens with one attached hydrogen (secondary N) is 5. The third-order valence-corrected chi connectivity index (χ3v) is 6.65. The summed E-state index contributed by atoms with van der Waals surface area (Å²) < 4.78 is 0. The minimum absolute atomic E-state index is 0.0640. The number of aromatic nitrogens is 1. The van der Waals surface area contributed by atoms with Crippen molar-refractivity contribution in [3.63, 3.8) is 0 Å². The fraction of sp³-hybridized carbons (Fsp3) is 0.310. The van der Waals surface area contributed by atoms with Gasteiger partial charge in [0, 0.05) is 23.5 Å². The van der Waals surface area contributed by atoms with Crippen molar-refractivity contribution in [1.29, 1.82) is 0 Å². The Kier molecular flexibility index (Phi) is 11.4. The summed E-state index contributed by atoms with van der Waals surface area (Å²) in [5.41, 5.74) is 7.97. The van der Waals surface area contributed by atoms with Crippen molar-refractivity contribution >= 4 is 46.5 Å². The highest BCUT2D eigenvalue weighted by atomic mass is 16.4. The van der Waals surface area contributed by atoms with Crippen molar-refractivity contribution in [1.82, 2.24) is 26.3 Å². The van der Waals surface area contributed by atoms with E-state index in [-0.39, 0.29) is 18.6 Å². The van der Waals surface area contributed by atoms with Crippen LogP contribution in [0.25, 0.3) is 10.9 Å². The molecule has 0 fully saturated rings. The van der Waals surface area contributed by atoms with Gasteiger partial charge < -0.3 is 47.3 Å². The molecule has 0 unspecified atom stereocenters. The average Bonchev–Trinajstić information content (AvgIpc) is 3.38. The summed E-state index contributed by atoms with van der Waals surface area (Å²) in [6, 6.07) is 8.04. The quantitative estimate of drug-likeness (QED) is 0.103. The van der Waals surface area contributed by atoms with Crippen molar-refractivity contribution in [2.75, 3.05) is 6.54 Å². The Morgan fingerprint density at radius 1 is 0.841 bits per heavy atom. The third kappa shape index (κ3) is 9.55. The maximum absolute atomic E-state index is 13.1. The molecule has 234 valence electrons. The van der Waals surface area contributed by atoms with Crippen molar-refractivity contribution in [3.05, 3.63) is 65.9 Å². The number of phenols is 1. The van der Waals surface area contributed by atoms with E-state index in [2.05, 4.69) is 26.3 Å². The van der Waals surface area contributed by atoms with Crippen LogP contribution >= 0.6 is 0 Å². The monoisotopic (exact) mass is 610 g/mol. The normalized spacial score (nSPS) is 13.6. The number of phenolic OH excluding ortho intramolecular Hbond substituents is 1. The molecule has 0 saturated heterocycles. The molecule has 0 radical (unpaired) electrons. The summed E-state index contributed by atoms with van der Waals surface area (Å²) >= 11 is 0. The minimum atomic E-state index is -1.75. The van der Waals surface area contributed by atoms with Crippen LogP contribution in [0.2, 0.25) is 0 Å². The number of aliphatic carboxylic acids is 2. The first-order valence-electron chi connectivity index (χ1n) is 13.5. The predicted octanol–water partition coefficient (Wildman–Crippen LogP) is -0.864. The second kappa shape index (κ2) is 15.2. The Bertz CT molecular complexity index is 1520. The molecule has 0 aliphatic carbocycles. The van der Waals surface area contributed by atoms with Crippen LogP contribution in [0.5, 0.6) is 5.75 Å². The molecule has 15 nitrogen and oxygen atoms in total. The number of nitrogens with two attached hydrogens (primary N) is 1. The van der Waals surface area contributed by atoms with E-state index < -0.39 is 72.7 Å². The molecule has 3 aromatic rings. The maximum atomic E-state index is 13.1. The number of rotatable bonds is 15. The van der Waals surface area contributed by atoms with Gasteiger partial charge in [-0.25, -0.2) is 4.79 Å². The van der Waals surface area contributed by atoms with Gasteiger partial charge in [0.25, 0.3) is 0 Å². The Morgan fingerprint density at radius 2 is 1.50 bits per heavy atom. The third-order valence-electron chi connectivity index (χ3n) is 6.65. The van der Waals surface area contributed by atoms with E-state index in [9.17, 15) is 39.0 Å². The summed E-state index contributed by atoms with van der Waals surface area (Å²) in [7, 11) is 0.